The molecule has 1 aromatic heterocycles. The van der Waals surface area contributed by atoms with Gasteiger partial charge in [0.25, 0.3) is 11.8 Å². The third-order valence-electron chi connectivity index (χ3n) is 5.64. The molecule has 1 atom stereocenters. The summed E-state index contributed by atoms with van der Waals surface area (Å²) in [6.07, 6.45) is 6.07. The Kier molecular flexibility index (Phi) is 7.22. The van der Waals surface area contributed by atoms with E-state index in [-0.39, 0.29) is 11.6 Å². The molecular weight excluding hydrogens is 422 g/mol. The summed E-state index contributed by atoms with van der Waals surface area (Å²) in [4.78, 5) is 26.1. The highest BCUT2D eigenvalue weighted by Gasteiger charge is 2.30. The van der Waals surface area contributed by atoms with Crippen LogP contribution in [0.2, 0.25) is 0 Å². The van der Waals surface area contributed by atoms with Gasteiger partial charge in [-0.25, -0.2) is 4.68 Å². The number of nitrogens with zero attached hydrogens (tertiary/aromatic N) is 4. The van der Waals surface area contributed by atoms with E-state index in [2.05, 4.69) is 15.9 Å². The van der Waals surface area contributed by atoms with Crippen LogP contribution in [-0.2, 0) is 17.8 Å². The Hall–Kier alpha value is -3.19. The van der Waals surface area contributed by atoms with Gasteiger partial charge in [-0.3, -0.25) is 14.5 Å². The van der Waals surface area contributed by atoms with E-state index in [0.717, 1.165) is 29.1 Å². The Labute approximate surface area is 193 Å². The van der Waals surface area contributed by atoms with Crippen LogP contribution in [0.1, 0.15) is 47.6 Å². The van der Waals surface area contributed by atoms with Crippen molar-refractivity contribution in [2.24, 2.45) is 5.73 Å². The van der Waals surface area contributed by atoms with Crippen LogP contribution < -0.4 is 5.73 Å². The van der Waals surface area contributed by atoms with Crippen LogP contribution in [0.25, 0.3) is 5.69 Å². The first kappa shape index (κ1) is 24.5. The van der Waals surface area contributed by atoms with Crippen LogP contribution in [-0.4, -0.2) is 80.0 Å². The lowest BCUT2D eigenvalue weighted by Gasteiger charge is -2.32. The van der Waals surface area contributed by atoms with Gasteiger partial charge in [-0.15, -0.1) is 6.42 Å². The van der Waals surface area contributed by atoms with E-state index >= 15 is 0 Å². The second-order valence-electron chi connectivity index (χ2n) is 9.08. The van der Waals surface area contributed by atoms with Crippen molar-refractivity contribution in [1.29, 1.82) is 0 Å². The van der Waals surface area contributed by atoms with Gasteiger partial charge in [0.2, 0.25) is 0 Å². The van der Waals surface area contributed by atoms with E-state index in [1.165, 1.54) is 4.90 Å². The van der Waals surface area contributed by atoms with Gasteiger partial charge in [-0.2, -0.15) is 5.10 Å². The molecule has 0 spiro atoms. The first-order chi connectivity index (χ1) is 15.5. The van der Waals surface area contributed by atoms with Crippen LogP contribution in [0.4, 0.5) is 0 Å². The summed E-state index contributed by atoms with van der Waals surface area (Å²) in [5, 5.41) is 23.3. The average Bonchev–Trinajstić information content (AvgIpc) is 3.28. The minimum absolute atomic E-state index is 0.148. The number of amides is 2. The molecule has 2 aliphatic heterocycles. The molecule has 9 heteroatoms. The molecule has 2 aliphatic rings. The summed E-state index contributed by atoms with van der Waals surface area (Å²) in [5.41, 5.74) is 8.38. The van der Waals surface area contributed by atoms with Crippen molar-refractivity contribution in [2.45, 2.75) is 44.9 Å². The highest BCUT2D eigenvalue weighted by Crippen LogP contribution is 2.26. The minimum Gasteiger partial charge on any atom is -0.389 e. The number of rotatable bonds is 4. The van der Waals surface area contributed by atoms with Crippen molar-refractivity contribution < 1.29 is 19.8 Å². The normalized spacial score (nSPS) is 18.4. The van der Waals surface area contributed by atoms with Gasteiger partial charge in [0, 0.05) is 50.8 Å². The molecule has 1 unspecified atom stereocenters. The molecule has 0 radical (unpaired) electrons. The average molecular weight is 454 g/mol. The maximum absolute atomic E-state index is 11.9. The van der Waals surface area contributed by atoms with Gasteiger partial charge in [0.15, 0.2) is 5.69 Å². The molecule has 0 bridgehead atoms. The van der Waals surface area contributed by atoms with Gasteiger partial charge in [-0.1, -0.05) is 12.0 Å². The molecular formula is C24H31N5O4. The Morgan fingerprint density at radius 2 is 2.09 bits per heavy atom. The summed E-state index contributed by atoms with van der Waals surface area (Å²) in [5.74, 6) is 1.91. The highest BCUT2D eigenvalue weighted by atomic mass is 16.3. The Morgan fingerprint density at radius 1 is 1.36 bits per heavy atom. The maximum atomic E-state index is 11.9. The summed E-state index contributed by atoms with van der Waals surface area (Å²) >= 11 is 0. The lowest BCUT2D eigenvalue weighted by Crippen LogP contribution is -2.41. The highest BCUT2D eigenvalue weighted by molar-refractivity contribution is 5.92. The van der Waals surface area contributed by atoms with E-state index in [9.17, 15) is 14.7 Å². The molecule has 4 rings (SSSR count). The molecule has 9 nitrogen and oxygen atoms in total. The first-order valence-electron chi connectivity index (χ1n) is 10.9. The second-order valence-corrected chi connectivity index (χ2v) is 9.08. The molecule has 176 valence electrons. The van der Waals surface area contributed by atoms with E-state index < -0.39 is 17.6 Å². The van der Waals surface area contributed by atoms with Crippen molar-refractivity contribution in [2.75, 3.05) is 26.7 Å². The summed E-state index contributed by atoms with van der Waals surface area (Å²) in [7, 11) is 1.69. The summed E-state index contributed by atoms with van der Waals surface area (Å²) < 4.78 is 1.76. The fourth-order valence-corrected chi connectivity index (χ4v) is 4.10. The number of hydrogen-bond donors (Lipinski definition) is 3. The van der Waals surface area contributed by atoms with E-state index in [1.807, 2.05) is 24.3 Å². The molecule has 0 aliphatic carbocycles. The molecule has 0 saturated carbocycles. The quantitative estimate of drug-likeness (QED) is 0.572. The van der Waals surface area contributed by atoms with Crippen molar-refractivity contribution in [1.82, 2.24) is 19.6 Å². The molecule has 1 aromatic carbocycles. The van der Waals surface area contributed by atoms with Crippen LogP contribution in [0.15, 0.2) is 24.3 Å². The standard InChI is InChI=1S/C19H22N4O2.C5H9NO2/c1-4-13-6-5-7-14(10-13)23-16-8-9-22(12-19(2,3)25)11-15(16)17(21-23)18(20)24;1-6-3-2-4(7)5(6)8/h1,5-7,10,25H,8-9,11-12H2,2-3H3,(H2,20,24);4,7H,2-3H2,1H3. The zero-order valence-electron chi connectivity index (χ0n) is 19.3. The number of fused-ring (bicyclic) bond motifs is 1. The zero-order chi connectivity index (χ0) is 24.3. The number of likely N-dealkylation sites (N-methyl/N-ethyl adjacent to an activating group) is 1. The third kappa shape index (κ3) is 5.79. The number of carbonyl (C=O) groups is 2. The number of carbonyl (C=O) groups excluding carboxylic acids is 2. The largest absolute Gasteiger partial charge is 0.389 e. The Morgan fingerprint density at radius 3 is 2.61 bits per heavy atom. The fourth-order valence-electron chi connectivity index (χ4n) is 4.10. The van der Waals surface area contributed by atoms with Gasteiger partial charge in [-0.05, 0) is 38.5 Å². The van der Waals surface area contributed by atoms with Crippen molar-refractivity contribution >= 4 is 11.8 Å². The van der Waals surface area contributed by atoms with Gasteiger partial charge >= 0.3 is 0 Å². The number of nitrogens with two attached hydrogens (primary N) is 1. The number of aromatic nitrogens is 2. The molecule has 2 aromatic rings. The van der Waals surface area contributed by atoms with Crippen molar-refractivity contribution in [3.8, 4) is 18.0 Å². The van der Waals surface area contributed by atoms with Crippen LogP contribution >= 0.6 is 0 Å². The van der Waals surface area contributed by atoms with Crippen LogP contribution in [0.5, 0.6) is 0 Å². The lowest BCUT2D eigenvalue weighted by molar-refractivity contribution is -0.133. The van der Waals surface area contributed by atoms with E-state index in [1.54, 1.807) is 25.6 Å². The molecule has 1 saturated heterocycles. The minimum atomic E-state index is -0.804. The molecule has 1 fully saturated rings. The summed E-state index contributed by atoms with van der Waals surface area (Å²) in [6.45, 7) is 6.06. The number of benzene rings is 1. The Bertz CT molecular complexity index is 1070. The molecule has 2 amide bonds. The van der Waals surface area contributed by atoms with Gasteiger partial charge in [0.1, 0.15) is 6.10 Å². The SMILES string of the molecule is C#Cc1cccc(-n2nc(C(N)=O)c3c2CCN(CC(C)(C)O)C3)c1.CN1CCC(O)C1=O. The third-order valence-corrected chi connectivity index (χ3v) is 5.64. The predicted octanol–water partition coefficient (Wildman–Crippen LogP) is 0.291. The monoisotopic (exact) mass is 453 g/mol. The fraction of sp³-hybridized carbons (Fsp3) is 0.458. The maximum Gasteiger partial charge on any atom is 0.269 e. The Balaban J connectivity index is 0.000000323. The molecule has 33 heavy (non-hydrogen) atoms. The number of terminal acetylenes is 1. The van der Waals surface area contributed by atoms with Crippen molar-refractivity contribution in [3.63, 3.8) is 0 Å². The number of β-amino-alcohol motifs (C(OH)–C–C–N with tert-alkyl or cyclic N) is 1. The number of primary amides is 1. The van der Waals surface area contributed by atoms with E-state index in [0.29, 0.717) is 32.5 Å². The second kappa shape index (κ2) is 9.75. The van der Waals surface area contributed by atoms with Crippen molar-refractivity contribution in [3.05, 3.63) is 46.8 Å². The van der Waals surface area contributed by atoms with Crippen LogP contribution in [0.3, 0.4) is 0 Å². The zero-order valence-corrected chi connectivity index (χ0v) is 19.3. The lowest BCUT2D eigenvalue weighted by atomic mass is 10.0. The smallest absolute Gasteiger partial charge is 0.269 e. The number of likely N-dealkylation sites (tertiary alicyclic amines) is 1. The molecule has 3 heterocycles. The number of aliphatic hydroxyl groups excluding tert-OH is 1. The number of aliphatic hydroxyl groups is 2. The van der Waals surface area contributed by atoms with Gasteiger partial charge in [0.05, 0.1) is 17.0 Å². The van der Waals surface area contributed by atoms with Gasteiger partial charge < -0.3 is 20.8 Å². The first-order valence-corrected chi connectivity index (χ1v) is 10.9. The molecule has 4 N–H and O–H groups in total. The topological polar surface area (TPSA) is 125 Å². The summed E-state index contributed by atoms with van der Waals surface area (Å²) in [6, 6.07) is 7.48. The van der Waals surface area contributed by atoms with Crippen LogP contribution in [0, 0.1) is 12.3 Å². The van der Waals surface area contributed by atoms with E-state index in [4.69, 9.17) is 17.3 Å². The predicted molar refractivity (Wildman–Crippen MR) is 124 cm³/mol. The number of hydrogen-bond acceptors (Lipinski definition) is 6.